The topological polar surface area (TPSA) is 27.7 Å². The zero-order valence-corrected chi connectivity index (χ0v) is 11.4. The van der Waals surface area contributed by atoms with E-state index in [-0.39, 0.29) is 5.60 Å². The summed E-state index contributed by atoms with van der Waals surface area (Å²) in [5.41, 5.74) is 2.59. The lowest BCUT2D eigenvalue weighted by Crippen LogP contribution is -2.47. The molecule has 2 atom stereocenters. The highest BCUT2D eigenvalue weighted by molar-refractivity contribution is 5.58. The standard InChI is InChI=1S/C16H18O3/c1-10-4-3-7-16(2)12(10)8-11-5-6-13-15(14(11)19-16)18-9-17-13/h4-6,12H,3,7-9H2,1-2H3/t12-,16+/m0/s1. The molecule has 4 rings (SSSR count). The van der Waals surface area contributed by atoms with Crippen LogP contribution in [0.1, 0.15) is 32.3 Å². The second kappa shape index (κ2) is 3.69. The molecule has 3 aliphatic rings. The van der Waals surface area contributed by atoms with Crippen LogP contribution in [0.3, 0.4) is 0 Å². The van der Waals surface area contributed by atoms with Gasteiger partial charge in [0.2, 0.25) is 12.5 Å². The SMILES string of the molecule is CC1=CCC[C@@]2(C)Oc3c(ccc4c3OCO4)C[C@@H]12. The van der Waals surface area contributed by atoms with Gasteiger partial charge in [0.15, 0.2) is 11.5 Å². The third kappa shape index (κ3) is 1.50. The molecule has 0 bridgehead atoms. The maximum Gasteiger partial charge on any atom is 0.231 e. The van der Waals surface area contributed by atoms with Crippen LogP contribution in [0.15, 0.2) is 23.8 Å². The van der Waals surface area contributed by atoms with Crippen LogP contribution in [-0.4, -0.2) is 12.4 Å². The van der Waals surface area contributed by atoms with Crippen LogP contribution in [0.5, 0.6) is 17.2 Å². The van der Waals surface area contributed by atoms with E-state index in [1.165, 1.54) is 11.1 Å². The summed E-state index contributed by atoms with van der Waals surface area (Å²) in [4.78, 5) is 0. The van der Waals surface area contributed by atoms with E-state index in [4.69, 9.17) is 14.2 Å². The third-order valence-electron chi connectivity index (χ3n) is 4.73. The smallest absolute Gasteiger partial charge is 0.231 e. The van der Waals surface area contributed by atoms with E-state index in [0.717, 1.165) is 36.5 Å². The van der Waals surface area contributed by atoms with Crippen molar-refractivity contribution in [3.05, 3.63) is 29.3 Å². The molecule has 1 aliphatic carbocycles. The van der Waals surface area contributed by atoms with Crippen molar-refractivity contribution in [3.63, 3.8) is 0 Å². The molecule has 3 nitrogen and oxygen atoms in total. The quantitative estimate of drug-likeness (QED) is 0.667. The number of rotatable bonds is 0. The van der Waals surface area contributed by atoms with Crippen LogP contribution in [0.25, 0.3) is 0 Å². The van der Waals surface area contributed by atoms with Crippen LogP contribution in [0.4, 0.5) is 0 Å². The molecule has 2 heterocycles. The van der Waals surface area contributed by atoms with Crippen molar-refractivity contribution in [2.75, 3.05) is 6.79 Å². The Bertz CT molecular complexity index is 576. The van der Waals surface area contributed by atoms with Gasteiger partial charge in [-0.05, 0) is 44.7 Å². The molecule has 0 radical (unpaired) electrons. The van der Waals surface area contributed by atoms with Crippen LogP contribution in [0.2, 0.25) is 0 Å². The summed E-state index contributed by atoms with van der Waals surface area (Å²) in [5, 5.41) is 0. The lowest BCUT2D eigenvalue weighted by molar-refractivity contribution is 0.00929. The molecular weight excluding hydrogens is 240 g/mol. The van der Waals surface area contributed by atoms with E-state index in [1.807, 2.05) is 6.07 Å². The van der Waals surface area contributed by atoms with E-state index in [2.05, 4.69) is 26.0 Å². The number of fused-ring (bicyclic) bond motifs is 4. The van der Waals surface area contributed by atoms with Gasteiger partial charge in [-0.3, -0.25) is 0 Å². The highest BCUT2D eigenvalue weighted by atomic mass is 16.7. The van der Waals surface area contributed by atoms with Gasteiger partial charge in [0, 0.05) is 5.92 Å². The van der Waals surface area contributed by atoms with Crippen molar-refractivity contribution < 1.29 is 14.2 Å². The summed E-state index contributed by atoms with van der Waals surface area (Å²) in [6, 6.07) is 4.11. The minimum absolute atomic E-state index is 0.104. The summed E-state index contributed by atoms with van der Waals surface area (Å²) in [6.07, 6.45) is 5.55. The molecule has 100 valence electrons. The number of hydrogen-bond donors (Lipinski definition) is 0. The Morgan fingerprint density at radius 3 is 3.00 bits per heavy atom. The Morgan fingerprint density at radius 1 is 1.21 bits per heavy atom. The van der Waals surface area contributed by atoms with Crippen molar-refractivity contribution in [3.8, 4) is 17.2 Å². The van der Waals surface area contributed by atoms with Gasteiger partial charge in [-0.15, -0.1) is 0 Å². The summed E-state index contributed by atoms with van der Waals surface area (Å²) >= 11 is 0. The van der Waals surface area contributed by atoms with E-state index in [0.29, 0.717) is 12.7 Å². The molecule has 2 aliphatic heterocycles. The molecule has 0 aromatic heterocycles. The molecular formula is C16H18O3. The first-order valence-corrected chi connectivity index (χ1v) is 6.94. The van der Waals surface area contributed by atoms with Gasteiger partial charge < -0.3 is 14.2 Å². The van der Waals surface area contributed by atoms with Gasteiger partial charge in [-0.2, -0.15) is 0 Å². The summed E-state index contributed by atoms with van der Waals surface area (Å²) in [6.45, 7) is 4.75. The first kappa shape index (κ1) is 11.2. The van der Waals surface area contributed by atoms with Crippen LogP contribution >= 0.6 is 0 Å². The van der Waals surface area contributed by atoms with Crippen LogP contribution in [-0.2, 0) is 6.42 Å². The normalized spacial score (nSPS) is 31.1. The molecule has 19 heavy (non-hydrogen) atoms. The maximum absolute atomic E-state index is 6.39. The Hall–Kier alpha value is -1.64. The molecule has 0 saturated carbocycles. The Labute approximate surface area is 113 Å². The van der Waals surface area contributed by atoms with E-state index in [1.54, 1.807) is 0 Å². The molecule has 0 N–H and O–H groups in total. The minimum atomic E-state index is -0.104. The predicted molar refractivity (Wildman–Crippen MR) is 71.8 cm³/mol. The fraction of sp³-hybridized carbons (Fsp3) is 0.500. The zero-order valence-electron chi connectivity index (χ0n) is 11.4. The number of allylic oxidation sites excluding steroid dienone is 1. The minimum Gasteiger partial charge on any atom is -0.483 e. The lowest BCUT2D eigenvalue weighted by atomic mass is 9.71. The Kier molecular flexibility index (Phi) is 2.17. The highest BCUT2D eigenvalue weighted by Crippen LogP contribution is 2.52. The van der Waals surface area contributed by atoms with Gasteiger partial charge in [0.1, 0.15) is 5.60 Å². The first-order chi connectivity index (χ1) is 9.17. The predicted octanol–water partition coefficient (Wildman–Crippen LogP) is 3.47. The van der Waals surface area contributed by atoms with E-state index in [9.17, 15) is 0 Å². The van der Waals surface area contributed by atoms with Gasteiger partial charge in [-0.1, -0.05) is 17.7 Å². The second-order valence-electron chi connectivity index (χ2n) is 5.95. The summed E-state index contributed by atoms with van der Waals surface area (Å²) in [5.74, 6) is 2.99. The highest BCUT2D eigenvalue weighted by Gasteiger charge is 2.44. The number of benzene rings is 1. The maximum atomic E-state index is 6.39. The molecule has 0 spiro atoms. The first-order valence-electron chi connectivity index (χ1n) is 6.94. The number of hydrogen-bond acceptors (Lipinski definition) is 3. The van der Waals surface area contributed by atoms with Crippen molar-refractivity contribution >= 4 is 0 Å². The van der Waals surface area contributed by atoms with Crippen molar-refractivity contribution in [1.29, 1.82) is 0 Å². The summed E-state index contributed by atoms with van der Waals surface area (Å²) in [7, 11) is 0. The van der Waals surface area contributed by atoms with Gasteiger partial charge in [0.25, 0.3) is 0 Å². The van der Waals surface area contributed by atoms with Crippen molar-refractivity contribution in [2.45, 2.75) is 38.7 Å². The van der Waals surface area contributed by atoms with Crippen LogP contribution in [0, 0.1) is 5.92 Å². The molecule has 3 heteroatoms. The average Bonchev–Trinajstić information content (AvgIpc) is 2.85. The molecule has 1 aromatic carbocycles. The summed E-state index contributed by atoms with van der Waals surface area (Å²) < 4.78 is 17.4. The third-order valence-corrected chi connectivity index (χ3v) is 4.73. The lowest BCUT2D eigenvalue weighted by Gasteiger charge is -2.45. The molecule has 0 unspecified atom stereocenters. The van der Waals surface area contributed by atoms with Crippen molar-refractivity contribution in [1.82, 2.24) is 0 Å². The fourth-order valence-electron chi connectivity index (χ4n) is 3.60. The van der Waals surface area contributed by atoms with Crippen molar-refractivity contribution in [2.24, 2.45) is 5.92 Å². The molecule has 0 fully saturated rings. The average molecular weight is 258 g/mol. The Morgan fingerprint density at radius 2 is 2.11 bits per heavy atom. The van der Waals surface area contributed by atoms with Gasteiger partial charge in [0.05, 0.1) is 0 Å². The second-order valence-corrected chi connectivity index (χ2v) is 5.95. The zero-order chi connectivity index (χ0) is 13.0. The van der Waals surface area contributed by atoms with Gasteiger partial charge in [-0.25, -0.2) is 0 Å². The monoisotopic (exact) mass is 258 g/mol. The fourth-order valence-corrected chi connectivity index (χ4v) is 3.60. The molecule has 1 aromatic rings. The largest absolute Gasteiger partial charge is 0.483 e. The number of ether oxygens (including phenoxy) is 3. The molecule has 0 amide bonds. The molecule has 0 saturated heterocycles. The van der Waals surface area contributed by atoms with E-state index >= 15 is 0 Å². The Balaban J connectivity index is 1.83. The van der Waals surface area contributed by atoms with E-state index < -0.39 is 0 Å². The van der Waals surface area contributed by atoms with Crippen LogP contribution < -0.4 is 14.2 Å². The van der Waals surface area contributed by atoms with Gasteiger partial charge >= 0.3 is 0 Å².